The second-order valence-electron chi connectivity index (χ2n) is 11.6. The Morgan fingerprint density at radius 3 is 2.49 bits per heavy atom. The molecule has 4 atom stereocenters. The monoisotopic (exact) mass is 577 g/mol. The molecule has 6 nitrogen and oxygen atoms in total. The molecule has 0 amide bonds. The second-order valence-corrected chi connectivity index (χ2v) is 12.4. The number of ether oxygens (including phenoxy) is 1. The summed E-state index contributed by atoms with van der Waals surface area (Å²) in [6.07, 6.45) is 2.11. The lowest BCUT2D eigenvalue weighted by atomic mass is 9.73. The van der Waals surface area contributed by atoms with Gasteiger partial charge < -0.3 is 14.2 Å². The Labute approximate surface area is 238 Å². The maximum absolute atomic E-state index is 14.0. The van der Waals surface area contributed by atoms with E-state index >= 15 is 0 Å². The van der Waals surface area contributed by atoms with Crippen molar-refractivity contribution >= 4 is 40.1 Å². The SMILES string of the molecule is Cc1nc2c(N3C[C@@H](C)N(C(c4ccc(Cl)cc4)C4CC(F)(F)C4)C[C@@H]3C)cc(Cl)nc2n1C[C@@H]1CCCO1. The molecule has 2 aromatic heterocycles. The van der Waals surface area contributed by atoms with Gasteiger partial charge in [-0.05, 0) is 57.2 Å². The van der Waals surface area contributed by atoms with Gasteiger partial charge in [0, 0.05) is 61.8 Å². The fourth-order valence-corrected chi connectivity index (χ4v) is 7.09. The quantitative estimate of drug-likeness (QED) is 0.298. The van der Waals surface area contributed by atoms with E-state index in [4.69, 9.17) is 32.9 Å². The van der Waals surface area contributed by atoms with E-state index in [1.807, 2.05) is 37.3 Å². The minimum absolute atomic E-state index is 0.0797. The Morgan fingerprint density at radius 2 is 1.82 bits per heavy atom. The number of pyridine rings is 1. The molecule has 4 heterocycles. The van der Waals surface area contributed by atoms with E-state index in [1.54, 1.807) is 0 Å². The first-order chi connectivity index (χ1) is 18.6. The summed E-state index contributed by atoms with van der Waals surface area (Å²) in [6, 6.07) is 9.75. The van der Waals surface area contributed by atoms with Crippen LogP contribution in [0.25, 0.3) is 11.2 Å². The van der Waals surface area contributed by atoms with E-state index in [2.05, 4.69) is 33.2 Å². The molecule has 1 aromatic carbocycles. The molecular formula is C29H35Cl2F2N5O. The molecule has 0 radical (unpaired) electrons. The predicted octanol–water partition coefficient (Wildman–Crippen LogP) is 6.91. The van der Waals surface area contributed by atoms with Crippen molar-refractivity contribution < 1.29 is 13.5 Å². The van der Waals surface area contributed by atoms with Crippen molar-refractivity contribution in [3.8, 4) is 0 Å². The van der Waals surface area contributed by atoms with Crippen LogP contribution in [-0.2, 0) is 11.3 Å². The van der Waals surface area contributed by atoms with Gasteiger partial charge in [0.25, 0.3) is 0 Å². The van der Waals surface area contributed by atoms with Crippen molar-refractivity contribution in [2.24, 2.45) is 5.92 Å². The predicted molar refractivity (Wildman–Crippen MR) is 151 cm³/mol. The molecule has 3 fully saturated rings. The molecule has 2 aliphatic heterocycles. The third kappa shape index (κ3) is 5.25. The van der Waals surface area contributed by atoms with Gasteiger partial charge in [-0.3, -0.25) is 4.90 Å². The molecule has 0 N–H and O–H groups in total. The van der Waals surface area contributed by atoms with Crippen LogP contribution in [0.4, 0.5) is 14.5 Å². The zero-order valence-electron chi connectivity index (χ0n) is 22.6. The van der Waals surface area contributed by atoms with E-state index in [0.717, 1.165) is 60.8 Å². The van der Waals surface area contributed by atoms with Crippen molar-refractivity contribution in [1.82, 2.24) is 19.4 Å². The number of anilines is 1. The van der Waals surface area contributed by atoms with Gasteiger partial charge in [0.1, 0.15) is 16.5 Å². The standard InChI is InChI=1S/C29H35Cl2F2N5O/c1-17-15-37(27(21-12-29(32,33)13-21)20-6-8-22(30)9-7-20)18(2)14-36(17)24-11-25(31)35-28-26(24)34-19(3)38(28)16-23-5-4-10-39-23/h6-9,11,17-18,21,23,27H,4-5,10,12-16H2,1-3H3/t17-,18+,23-,27?/m0/s1. The van der Waals surface area contributed by atoms with Crippen LogP contribution in [0.1, 0.15) is 57.0 Å². The molecule has 2 saturated heterocycles. The van der Waals surface area contributed by atoms with Crippen molar-refractivity contribution in [3.05, 3.63) is 51.9 Å². The van der Waals surface area contributed by atoms with Crippen LogP contribution in [0.5, 0.6) is 0 Å². The van der Waals surface area contributed by atoms with Gasteiger partial charge in [0.15, 0.2) is 5.65 Å². The summed E-state index contributed by atoms with van der Waals surface area (Å²) >= 11 is 12.8. The summed E-state index contributed by atoms with van der Waals surface area (Å²) in [5.74, 6) is -1.78. The fourth-order valence-electron chi connectivity index (χ4n) is 6.78. The molecule has 3 aromatic rings. The number of benzene rings is 1. The fraction of sp³-hybridized carbons (Fsp3) is 0.586. The second kappa shape index (κ2) is 10.4. The molecule has 0 bridgehead atoms. The molecule has 210 valence electrons. The van der Waals surface area contributed by atoms with Crippen LogP contribution < -0.4 is 4.90 Å². The van der Waals surface area contributed by atoms with E-state index < -0.39 is 5.92 Å². The van der Waals surface area contributed by atoms with Gasteiger partial charge in [-0.2, -0.15) is 0 Å². The number of alkyl halides is 2. The van der Waals surface area contributed by atoms with Gasteiger partial charge in [0.05, 0.1) is 18.3 Å². The molecule has 1 aliphatic carbocycles. The Kier molecular flexibility index (Phi) is 7.28. The molecule has 3 aliphatic rings. The van der Waals surface area contributed by atoms with Crippen molar-refractivity contribution in [2.45, 2.75) is 83.2 Å². The van der Waals surface area contributed by atoms with Crippen molar-refractivity contribution in [2.75, 3.05) is 24.6 Å². The first-order valence-electron chi connectivity index (χ1n) is 13.9. The van der Waals surface area contributed by atoms with E-state index in [0.29, 0.717) is 16.7 Å². The third-order valence-corrected chi connectivity index (χ3v) is 9.18. The van der Waals surface area contributed by atoms with Crippen LogP contribution in [0.2, 0.25) is 10.2 Å². The van der Waals surface area contributed by atoms with E-state index in [-0.39, 0.29) is 43.0 Å². The molecule has 1 saturated carbocycles. The zero-order chi connectivity index (χ0) is 27.5. The molecule has 39 heavy (non-hydrogen) atoms. The van der Waals surface area contributed by atoms with Crippen LogP contribution in [0, 0.1) is 12.8 Å². The Hall–Kier alpha value is -2.00. The molecule has 10 heteroatoms. The summed E-state index contributed by atoms with van der Waals surface area (Å²) in [6.45, 7) is 9.33. The number of piperazine rings is 1. The van der Waals surface area contributed by atoms with Gasteiger partial charge >= 0.3 is 0 Å². The summed E-state index contributed by atoms with van der Waals surface area (Å²) in [5, 5.41) is 1.08. The summed E-state index contributed by atoms with van der Waals surface area (Å²) in [5.41, 5.74) is 3.64. The highest BCUT2D eigenvalue weighted by molar-refractivity contribution is 6.30. The average Bonchev–Trinajstić information content (AvgIpc) is 3.49. The number of aromatic nitrogens is 3. The third-order valence-electron chi connectivity index (χ3n) is 8.73. The number of hydrogen-bond donors (Lipinski definition) is 0. The number of hydrogen-bond acceptors (Lipinski definition) is 5. The van der Waals surface area contributed by atoms with E-state index in [1.165, 1.54) is 0 Å². The number of fused-ring (bicyclic) bond motifs is 1. The summed E-state index contributed by atoms with van der Waals surface area (Å²) in [7, 11) is 0. The lowest BCUT2D eigenvalue weighted by Gasteiger charge is -2.52. The van der Waals surface area contributed by atoms with Gasteiger partial charge in [0.2, 0.25) is 5.92 Å². The first-order valence-corrected chi connectivity index (χ1v) is 14.7. The van der Waals surface area contributed by atoms with Gasteiger partial charge in [-0.1, -0.05) is 35.3 Å². The number of imidazole rings is 1. The summed E-state index contributed by atoms with van der Waals surface area (Å²) in [4.78, 5) is 14.4. The van der Waals surface area contributed by atoms with Crippen molar-refractivity contribution in [1.29, 1.82) is 0 Å². The maximum atomic E-state index is 14.0. The number of halogens is 4. The zero-order valence-corrected chi connectivity index (χ0v) is 24.1. The van der Waals surface area contributed by atoms with Crippen LogP contribution in [0.3, 0.4) is 0 Å². The Balaban J connectivity index is 1.30. The lowest BCUT2D eigenvalue weighted by molar-refractivity contribution is -0.137. The Bertz CT molecular complexity index is 1340. The van der Waals surface area contributed by atoms with Gasteiger partial charge in [-0.15, -0.1) is 0 Å². The molecule has 1 unspecified atom stereocenters. The summed E-state index contributed by atoms with van der Waals surface area (Å²) < 4.78 is 36.0. The number of aryl methyl sites for hydroxylation is 1. The number of rotatable bonds is 6. The minimum atomic E-state index is -2.58. The smallest absolute Gasteiger partial charge is 0.248 e. The topological polar surface area (TPSA) is 46.4 Å². The molecule has 0 spiro atoms. The highest BCUT2D eigenvalue weighted by atomic mass is 35.5. The number of nitrogens with zero attached hydrogens (tertiary/aromatic N) is 5. The first kappa shape index (κ1) is 27.2. The Morgan fingerprint density at radius 1 is 1.08 bits per heavy atom. The van der Waals surface area contributed by atoms with E-state index in [9.17, 15) is 8.78 Å². The molecule has 6 rings (SSSR count). The lowest BCUT2D eigenvalue weighted by Crippen LogP contribution is -2.59. The normalized spacial score (nSPS) is 26.7. The van der Waals surface area contributed by atoms with Gasteiger partial charge in [-0.25, -0.2) is 18.7 Å². The van der Waals surface area contributed by atoms with Crippen LogP contribution in [-0.4, -0.2) is 63.2 Å². The minimum Gasteiger partial charge on any atom is -0.376 e. The van der Waals surface area contributed by atoms with Crippen LogP contribution >= 0.6 is 23.2 Å². The average molecular weight is 579 g/mol. The largest absolute Gasteiger partial charge is 0.376 e. The van der Waals surface area contributed by atoms with Crippen molar-refractivity contribution in [3.63, 3.8) is 0 Å². The molecular weight excluding hydrogens is 543 g/mol. The maximum Gasteiger partial charge on any atom is 0.248 e. The highest BCUT2D eigenvalue weighted by Crippen LogP contribution is 2.51. The highest BCUT2D eigenvalue weighted by Gasteiger charge is 2.51. The van der Waals surface area contributed by atoms with Crippen LogP contribution in [0.15, 0.2) is 30.3 Å².